The van der Waals surface area contributed by atoms with Crippen LogP contribution in [0.1, 0.15) is 18.4 Å². The fourth-order valence-corrected chi connectivity index (χ4v) is 2.97. The Kier molecular flexibility index (Phi) is 7.10. The number of halogens is 4. The van der Waals surface area contributed by atoms with E-state index in [-0.39, 0.29) is 11.3 Å². The molecule has 0 unspecified atom stereocenters. The van der Waals surface area contributed by atoms with Gasteiger partial charge in [-0.15, -0.1) is 0 Å². The summed E-state index contributed by atoms with van der Waals surface area (Å²) in [6.07, 6.45) is 6.11. The highest BCUT2D eigenvalue weighted by Gasteiger charge is 2.14. The molecule has 30 heavy (non-hydrogen) atoms. The molecular weight excluding hydrogens is 406 g/mol. The number of anilines is 2. The third-order valence-electron chi connectivity index (χ3n) is 4.29. The van der Waals surface area contributed by atoms with Gasteiger partial charge in [0.15, 0.2) is 0 Å². The van der Waals surface area contributed by atoms with Crippen LogP contribution in [0.25, 0.3) is 6.08 Å². The zero-order chi connectivity index (χ0) is 21.5. The zero-order valence-electron chi connectivity index (χ0n) is 15.7. The van der Waals surface area contributed by atoms with Crippen LogP contribution in [0.3, 0.4) is 0 Å². The second-order valence-corrected chi connectivity index (χ2v) is 6.38. The second kappa shape index (κ2) is 9.95. The van der Waals surface area contributed by atoms with Gasteiger partial charge in [-0.1, -0.05) is 0 Å². The van der Waals surface area contributed by atoms with Gasteiger partial charge in [0, 0.05) is 30.8 Å². The molecule has 0 spiro atoms. The van der Waals surface area contributed by atoms with Crippen LogP contribution in [0.4, 0.5) is 29.1 Å². The molecule has 0 atom stereocenters. The Morgan fingerprint density at radius 3 is 2.43 bits per heavy atom. The minimum absolute atomic E-state index is 0.0922. The first kappa shape index (κ1) is 21.4. The van der Waals surface area contributed by atoms with E-state index in [1.54, 1.807) is 12.1 Å². The number of rotatable bonds is 8. The van der Waals surface area contributed by atoms with Crippen molar-refractivity contribution in [3.05, 3.63) is 48.2 Å². The van der Waals surface area contributed by atoms with Crippen molar-refractivity contribution in [2.45, 2.75) is 26.1 Å². The number of carbonyl (C=O) groups excluding carboxylic acids is 1. The van der Waals surface area contributed by atoms with Crippen LogP contribution in [-0.2, 0) is 4.79 Å². The summed E-state index contributed by atoms with van der Waals surface area (Å²) < 4.78 is 58.3. The molecule has 0 radical (unpaired) electrons. The fraction of sp³-hybridized carbons (Fsp3) is 0.300. The molecule has 1 aromatic heterocycles. The van der Waals surface area contributed by atoms with Crippen LogP contribution in [0.5, 0.6) is 11.5 Å². The molecule has 1 N–H and O–H groups in total. The Balaban J connectivity index is 1.65. The number of hydrogen-bond acceptors (Lipinski definition) is 5. The predicted molar refractivity (Wildman–Crippen MR) is 103 cm³/mol. The molecule has 3 rings (SSSR count). The third kappa shape index (κ3) is 6.10. The van der Waals surface area contributed by atoms with Crippen molar-refractivity contribution in [3.63, 3.8) is 0 Å². The SMILES string of the molecule is O=C(/C=C/c1ccc(OC(F)F)cc1OC(F)F)Nc1ccc(N2CCCC2)nc1. The second-order valence-electron chi connectivity index (χ2n) is 6.38. The van der Waals surface area contributed by atoms with Crippen LogP contribution in [-0.4, -0.2) is 37.2 Å². The van der Waals surface area contributed by atoms with Gasteiger partial charge in [0.1, 0.15) is 17.3 Å². The van der Waals surface area contributed by atoms with E-state index in [9.17, 15) is 22.4 Å². The van der Waals surface area contributed by atoms with E-state index in [4.69, 9.17) is 0 Å². The Hall–Kier alpha value is -3.30. The maximum Gasteiger partial charge on any atom is 0.387 e. The summed E-state index contributed by atoms with van der Waals surface area (Å²) in [4.78, 5) is 18.6. The third-order valence-corrected chi connectivity index (χ3v) is 4.29. The fourth-order valence-electron chi connectivity index (χ4n) is 2.97. The molecule has 1 aliphatic heterocycles. The van der Waals surface area contributed by atoms with Gasteiger partial charge in [0.25, 0.3) is 0 Å². The van der Waals surface area contributed by atoms with Crippen molar-refractivity contribution in [1.29, 1.82) is 0 Å². The van der Waals surface area contributed by atoms with Crippen molar-refractivity contribution >= 4 is 23.5 Å². The van der Waals surface area contributed by atoms with Crippen LogP contribution in [0.15, 0.2) is 42.6 Å². The Bertz CT molecular complexity index is 885. The number of benzene rings is 1. The lowest BCUT2D eigenvalue weighted by Crippen LogP contribution is -2.19. The lowest BCUT2D eigenvalue weighted by Gasteiger charge is -2.16. The molecule has 1 aliphatic rings. The quantitative estimate of drug-likeness (QED) is 0.497. The summed E-state index contributed by atoms with van der Waals surface area (Å²) in [7, 11) is 0. The van der Waals surface area contributed by atoms with Crippen LogP contribution in [0, 0.1) is 0 Å². The number of pyridine rings is 1. The van der Waals surface area contributed by atoms with Gasteiger partial charge in [-0.05, 0) is 43.2 Å². The van der Waals surface area contributed by atoms with E-state index in [1.165, 1.54) is 18.3 Å². The topological polar surface area (TPSA) is 63.7 Å². The summed E-state index contributed by atoms with van der Waals surface area (Å²) in [5.74, 6) is -0.433. The Morgan fingerprint density at radius 2 is 1.80 bits per heavy atom. The lowest BCUT2D eigenvalue weighted by molar-refractivity contribution is -0.111. The van der Waals surface area contributed by atoms with Gasteiger partial charge < -0.3 is 19.7 Å². The first-order chi connectivity index (χ1) is 14.4. The summed E-state index contributed by atoms with van der Waals surface area (Å²) in [6.45, 7) is -4.38. The highest BCUT2D eigenvalue weighted by molar-refractivity contribution is 6.02. The van der Waals surface area contributed by atoms with E-state index in [2.05, 4.69) is 24.7 Å². The van der Waals surface area contributed by atoms with E-state index in [1.807, 2.05) is 0 Å². The molecule has 0 bridgehead atoms. The molecule has 0 aliphatic carbocycles. The van der Waals surface area contributed by atoms with Gasteiger partial charge >= 0.3 is 13.2 Å². The summed E-state index contributed by atoms with van der Waals surface area (Å²) in [5, 5.41) is 2.61. The van der Waals surface area contributed by atoms with E-state index in [0.29, 0.717) is 5.69 Å². The summed E-state index contributed by atoms with van der Waals surface area (Å²) >= 11 is 0. The number of aromatic nitrogens is 1. The van der Waals surface area contributed by atoms with E-state index >= 15 is 0 Å². The van der Waals surface area contributed by atoms with E-state index in [0.717, 1.165) is 50.0 Å². The molecule has 160 valence electrons. The molecule has 10 heteroatoms. The standard InChI is InChI=1S/C20H19F4N3O3/c21-19(22)29-15-6-3-13(16(11-15)30-20(23)24)4-8-18(28)26-14-5-7-17(25-12-14)27-9-1-2-10-27/h3-8,11-12,19-20H,1-2,9-10H2,(H,26,28)/b8-4+. The molecular formula is C20H19F4N3O3. The van der Waals surface area contributed by atoms with Crippen molar-refractivity contribution < 1.29 is 31.8 Å². The van der Waals surface area contributed by atoms with Crippen molar-refractivity contribution in [2.75, 3.05) is 23.3 Å². The van der Waals surface area contributed by atoms with Crippen molar-refractivity contribution in [3.8, 4) is 11.5 Å². The molecule has 1 aromatic carbocycles. The molecule has 0 saturated carbocycles. The smallest absolute Gasteiger partial charge is 0.387 e. The molecule has 2 heterocycles. The monoisotopic (exact) mass is 425 g/mol. The van der Waals surface area contributed by atoms with E-state index < -0.39 is 24.9 Å². The number of alkyl halides is 4. The van der Waals surface area contributed by atoms with Gasteiger partial charge in [0.2, 0.25) is 5.91 Å². The number of hydrogen-bond donors (Lipinski definition) is 1. The highest BCUT2D eigenvalue weighted by Crippen LogP contribution is 2.28. The predicted octanol–water partition coefficient (Wildman–Crippen LogP) is 4.54. The molecule has 2 aromatic rings. The maximum atomic E-state index is 12.6. The minimum Gasteiger partial charge on any atom is -0.435 e. The van der Waals surface area contributed by atoms with Crippen molar-refractivity contribution in [1.82, 2.24) is 4.98 Å². The molecule has 1 saturated heterocycles. The van der Waals surface area contributed by atoms with Crippen molar-refractivity contribution in [2.24, 2.45) is 0 Å². The number of carbonyl (C=O) groups is 1. The summed E-state index contributed by atoms with van der Waals surface area (Å²) in [5.41, 5.74) is 0.562. The molecule has 1 amide bonds. The normalized spacial score (nSPS) is 14.0. The Morgan fingerprint density at radius 1 is 1.07 bits per heavy atom. The number of nitrogens with one attached hydrogen (secondary N) is 1. The maximum absolute atomic E-state index is 12.6. The molecule has 1 fully saturated rings. The van der Waals surface area contributed by atoms with Gasteiger partial charge in [-0.2, -0.15) is 17.6 Å². The first-order valence-corrected chi connectivity index (χ1v) is 9.14. The van der Waals surface area contributed by atoms with Gasteiger partial charge in [-0.3, -0.25) is 4.79 Å². The molecule has 6 nitrogen and oxygen atoms in total. The summed E-state index contributed by atoms with van der Waals surface area (Å²) in [6, 6.07) is 6.81. The minimum atomic E-state index is -3.17. The zero-order valence-corrected chi connectivity index (χ0v) is 15.7. The van der Waals surface area contributed by atoms with Crippen LogP contribution >= 0.6 is 0 Å². The lowest BCUT2D eigenvalue weighted by atomic mass is 10.1. The highest BCUT2D eigenvalue weighted by atomic mass is 19.3. The van der Waals surface area contributed by atoms with Gasteiger partial charge in [-0.25, -0.2) is 4.98 Å². The van der Waals surface area contributed by atoms with Gasteiger partial charge in [0.05, 0.1) is 11.9 Å². The average molecular weight is 425 g/mol. The Labute approximate surface area is 170 Å². The number of amides is 1. The number of nitrogens with zero attached hydrogens (tertiary/aromatic N) is 2. The average Bonchev–Trinajstić information content (AvgIpc) is 3.22. The van der Waals surface area contributed by atoms with Crippen LogP contribution < -0.4 is 19.7 Å². The van der Waals surface area contributed by atoms with Crippen LogP contribution in [0.2, 0.25) is 0 Å². The first-order valence-electron chi connectivity index (χ1n) is 9.14. The largest absolute Gasteiger partial charge is 0.435 e. The number of ether oxygens (including phenoxy) is 2.